The lowest BCUT2D eigenvalue weighted by Gasteiger charge is -2.15. The molecule has 0 aliphatic rings. The SMILES string of the molecule is COC(CNc1cc(-c2cncc(-c3ccccc3)c2)nc(C)n1)OC. The number of ether oxygens (including phenoxy) is 2. The maximum absolute atomic E-state index is 5.19. The first-order chi connectivity index (χ1) is 12.7. The van der Waals surface area contributed by atoms with E-state index in [2.05, 4.69) is 38.5 Å². The standard InChI is InChI=1S/C20H22N4O2/c1-14-23-18(10-19(24-14)22-13-20(25-2)26-3)17-9-16(11-21-12-17)15-7-5-4-6-8-15/h4-12,20H,13H2,1-3H3,(H,22,23,24). The highest BCUT2D eigenvalue weighted by atomic mass is 16.7. The first kappa shape index (κ1) is 18.0. The van der Waals surface area contributed by atoms with Crippen molar-refractivity contribution in [2.24, 2.45) is 0 Å². The van der Waals surface area contributed by atoms with Gasteiger partial charge in [-0.15, -0.1) is 0 Å². The van der Waals surface area contributed by atoms with Crippen molar-refractivity contribution in [3.8, 4) is 22.4 Å². The van der Waals surface area contributed by atoms with Gasteiger partial charge >= 0.3 is 0 Å². The Balaban J connectivity index is 1.87. The van der Waals surface area contributed by atoms with Crippen molar-refractivity contribution in [3.63, 3.8) is 0 Å². The second-order valence-corrected chi connectivity index (χ2v) is 5.80. The van der Waals surface area contributed by atoms with Gasteiger partial charge in [0.05, 0.1) is 12.2 Å². The van der Waals surface area contributed by atoms with E-state index in [0.717, 1.165) is 28.2 Å². The van der Waals surface area contributed by atoms with Gasteiger partial charge in [0.1, 0.15) is 11.6 Å². The van der Waals surface area contributed by atoms with Gasteiger partial charge in [-0.3, -0.25) is 4.98 Å². The molecule has 6 nitrogen and oxygen atoms in total. The average Bonchev–Trinajstić information content (AvgIpc) is 2.69. The van der Waals surface area contributed by atoms with Crippen LogP contribution in [0, 0.1) is 6.92 Å². The van der Waals surface area contributed by atoms with Crippen molar-refractivity contribution in [1.82, 2.24) is 15.0 Å². The number of hydrogen-bond acceptors (Lipinski definition) is 6. The normalized spacial score (nSPS) is 10.9. The number of methoxy groups -OCH3 is 2. The van der Waals surface area contributed by atoms with Crippen molar-refractivity contribution >= 4 is 5.82 Å². The van der Waals surface area contributed by atoms with Gasteiger partial charge in [-0.2, -0.15) is 0 Å². The summed E-state index contributed by atoms with van der Waals surface area (Å²) < 4.78 is 10.4. The van der Waals surface area contributed by atoms with Crippen LogP contribution in [0.1, 0.15) is 5.82 Å². The van der Waals surface area contributed by atoms with Crippen LogP contribution in [0.15, 0.2) is 54.9 Å². The van der Waals surface area contributed by atoms with Crippen LogP contribution in [0.2, 0.25) is 0 Å². The van der Waals surface area contributed by atoms with E-state index in [-0.39, 0.29) is 6.29 Å². The van der Waals surface area contributed by atoms with E-state index in [4.69, 9.17) is 9.47 Å². The first-order valence-electron chi connectivity index (χ1n) is 8.35. The number of rotatable bonds is 7. The highest BCUT2D eigenvalue weighted by molar-refractivity contribution is 5.71. The summed E-state index contributed by atoms with van der Waals surface area (Å²) in [7, 11) is 3.21. The molecule has 0 aliphatic heterocycles. The van der Waals surface area contributed by atoms with E-state index in [9.17, 15) is 0 Å². The van der Waals surface area contributed by atoms with Crippen molar-refractivity contribution in [3.05, 3.63) is 60.7 Å². The predicted octanol–water partition coefficient (Wildman–Crippen LogP) is 3.54. The summed E-state index contributed by atoms with van der Waals surface area (Å²) in [4.78, 5) is 13.4. The summed E-state index contributed by atoms with van der Waals surface area (Å²) in [5.41, 5.74) is 3.92. The third-order valence-electron chi connectivity index (χ3n) is 3.95. The Morgan fingerprint density at radius 1 is 0.923 bits per heavy atom. The van der Waals surface area contributed by atoms with E-state index in [1.807, 2.05) is 43.6 Å². The summed E-state index contributed by atoms with van der Waals surface area (Å²) in [6.45, 7) is 2.36. The number of aryl methyl sites for hydroxylation is 1. The molecule has 0 atom stereocenters. The number of nitrogens with zero attached hydrogens (tertiary/aromatic N) is 3. The van der Waals surface area contributed by atoms with Crippen LogP contribution in [0.5, 0.6) is 0 Å². The number of benzene rings is 1. The Bertz CT molecular complexity index is 851. The van der Waals surface area contributed by atoms with E-state index >= 15 is 0 Å². The smallest absolute Gasteiger partial charge is 0.173 e. The van der Waals surface area contributed by atoms with E-state index < -0.39 is 0 Å². The molecule has 0 saturated carbocycles. The molecule has 2 heterocycles. The van der Waals surface area contributed by atoms with E-state index in [0.29, 0.717) is 12.4 Å². The molecule has 2 aromatic heterocycles. The van der Waals surface area contributed by atoms with Crippen LogP contribution in [0.3, 0.4) is 0 Å². The molecule has 0 bridgehead atoms. The topological polar surface area (TPSA) is 69.2 Å². The molecule has 0 spiro atoms. The number of aromatic nitrogens is 3. The van der Waals surface area contributed by atoms with Gasteiger partial charge in [0.2, 0.25) is 0 Å². The Morgan fingerprint density at radius 3 is 2.38 bits per heavy atom. The molecule has 0 aliphatic carbocycles. The van der Waals surface area contributed by atoms with Crippen LogP contribution < -0.4 is 5.32 Å². The Kier molecular flexibility index (Phi) is 5.88. The number of pyridine rings is 1. The zero-order valence-corrected chi connectivity index (χ0v) is 15.1. The zero-order chi connectivity index (χ0) is 18.4. The first-order valence-corrected chi connectivity index (χ1v) is 8.35. The van der Waals surface area contributed by atoms with Gasteiger partial charge in [-0.05, 0) is 18.6 Å². The maximum Gasteiger partial charge on any atom is 0.173 e. The molecule has 3 rings (SSSR count). The Labute approximate surface area is 153 Å². The van der Waals surface area contributed by atoms with Crippen molar-refractivity contribution < 1.29 is 9.47 Å². The van der Waals surface area contributed by atoms with Crippen molar-refractivity contribution in [1.29, 1.82) is 0 Å². The van der Waals surface area contributed by atoms with Crippen molar-refractivity contribution in [2.45, 2.75) is 13.2 Å². The lowest BCUT2D eigenvalue weighted by atomic mass is 10.0. The van der Waals surface area contributed by atoms with Gasteiger partial charge in [0.15, 0.2) is 6.29 Å². The molecule has 6 heteroatoms. The molecule has 0 amide bonds. The van der Waals surface area contributed by atoms with Crippen LogP contribution >= 0.6 is 0 Å². The van der Waals surface area contributed by atoms with E-state index in [1.165, 1.54) is 0 Å². The van der Waals surface area contributed by atoms with Crippen molar-refractivity contribution in [2.75, 3.05) is 26.1 Å². The minimum atomic E-state index is -0.336. The van der Waals surface area contributed by atoms with Crippen LogP contribution in [0.25, 0.3) is 22.4 Å². The fraction of sp³-hybridized carbons (Fsp3) is 0.250. The van der Waals surface area contributed by atoms with Crippen LogP contribution in [-0.4, -0.2) is 42.0 Å². The molecule has 0 unspecified atom stereocenters. The summed E-state index contributed by atoms with van der Waals surface area (Å²) in [6, 6.07) is 14.1. The molecule has 0 fully saturated rings. The molecule has 0 radical (unpaired) electrons. The van der Waals surface area contributed by atoms with E-state index in [1.54, 1.807) is 14.2 Å². The predicted molar refractivity (Wildman–Crippen MR) is 102 cm³/mol. The lowest BCUT2D eigenvalue weighted by molar-refractivity contribution is -0.0914. The zero-order valence-electron chi connectivity index (χ0n) is 15.1. The Morgan fingerprint density at radius 2 is 1.65 bits per heavy atom. The molecular formula is C20H22N4O2. The average molecular weight is 350 g/mol. The molecular weight excluding hydrogens is 328 g/mol. The molecule has 1 aromatic carbocycles. The summed E-state index contributed by atoms with van der Waals surface area (Å²) >= 11 is 0. The minimum Gasteiger partial charge on any atom is -0.365 e. The number of hydrogen-bond donors (Lipinski definition) is 1. The summed E-state index contributed by atoms with van der Waals surface area (Å²) in [6.07, 6.45) is 3.33. The molecule has 26 heavy (non-hydrogen) atoms. The highest BCUT2D eigenvalue weighted by Crippen LogP contribution is 2.25. The van der Waals surface area contributed by atoms with Gasteiger partial charge in [0, 0.05) is 43.8 Å². The summed E-state index contributed by atoms with van der Waals surface area (Å²) in [5, 5.41) is 3.22. The highest BCUT2D eigenvalue weighted by Gasteiger charge is 2.09. The maximum atomic E-state index is 5.19. The van der Waals surface area contributed by atoms with Gasteiger partial charge in [-0.1, -0.05) is 30.3 Å². The Hall–Kier alpha value is -2.83. The van der Waals surface area contributed by atoms with Gasteiger partial charge in [-0.25, -0.2) is 9.97 Å². The third-order valence-corrected chi connectivity index (χ3v) is 3.95. The second kappa shape index (κ2) is 8.51. The largest absolute Gasteiger partial charge is 0.365 e. The molecule has 134 valence electrons. The molecule has 3 aromatic rings. The van der Waals surface area contributed by atoms with Crippen LogP contribution in [0.4, 0.5) is 5.82 Å². The quantitative estimate of drug-likeness (QED) is 0.657. The minimum absolute atomic E-state index is 0.336. The second-order valence-electron chi connectivity index (χ2n) is 5.80. The summed E-state index contributed by atoms with van der Waals surface area (Å²) in [5.74, 6) is 1.40. The van der Waals surface area contributed by atoms with Gasteiger partial charge < -0.3 is 14.8 Å². The lowest BCUT2D eigenvalue weighted by Crippen LogP contribution is -2.24. The fourth-order valence-corrected chi connectivity index (χ4v) is 2.63. The number of anilines is 1. The molecule has 1 N–H and O–H groups in total. The number of nitrogens with one attached hydrogen (secondary N) is 1. The van der Waals surface area contributed by atoms with Gasteiger partial charge in [0.25, 0.3) is 0 Å². The fourth-order valence-electron chi connectivity index (χ4n) is 2.63. The van der Waals surface area contributed by atoms with Crippen LogP contribution in [-0.2, 0) is 9.47 Å². The monoisotopic (exact) mass is 350 g/mol. The molecule has 0 saturated heterocycles. The third kappa shape index (κ3) is 4.41.